The Bertz CT molecular complexity index is 166. The van der Waals surface area contributed by atoms with Gasteiger partial charge < -0.3 is 10.8 Å². The molecule has 1 saturated heterocycles. The number of rotatable bonds is 1. The maximum Gasteiger partial charge on any atom is 0.0564 e. The Morgan fingerprint density at radius 1 is 1.08 bits per heavy atom. The lowest BCUT2D eigenvalue weighted by Gasteiger charge is -2.36. The van der Waals surface area contributed by atoms with Crippen LogP contribution in [0.2, 0.25) is 0 Å². The van der Waals surface area contributed by atoms with E-state index >= 15 is 0 Å². The first-order valence-electron chi connectivity index (χ1n) is 5.45. The lowest BCUT2D eigenvalue weighted by Crippen LogP contribution is -2.48. The third-order valence-electron chi connectivity index (χ3n) is 3.50. The minimum absolute atomic E-state index is 0.0612. The minimum atomic E-state index is -0.0612. The van der Waals surface area contributed by atoms with Gasteiger partial charge >= 0.3 is 0 Å². The smallest absolute Gasteiger partial charge is 0.0564 e. The molecule has 13 heavy (non-hydrogen) atoms. The van der Waals surface area contributed by atoms with Gasteiger partial charge in [0.15, 0.2) is 0 Å². The van der Waals surface area contributed by atoms with E-state index in [0.717, 1.165) is 25.9 Å². The fourth-order valence-corrected chi connectivity index (χ4v) is 2.64. The molecule has 1 saturated carbocycles. The van der Waals surface area contributed by atoms with Crippen LogP contribution in [-0.4, -0.2) is 41.3 Å². The average Bonchev–Trinajstić information content (AvgIpc) is 2.53. The second-order valence-corrected chi connectivity index (χ2v) is 4.43. The number of hydrogen-bond donors (Lipinski definition) is 2. The molecule has 0 aromatic heterocycles. The molecule has 0 bridgehead atoms. The summed E-state index contributed by atoms with van der Waals surface area (Å²) in [5.74, 6) is 0. The highest BCUT2D eigenvalue weighted by Crippen LogP contribution is 2.25. The van der Waals surface area contributed by atoms with Crippen molar-refractivity contribution in [3.63, 3.8) is 0 Å². The van der Waals surface area contributed by atoms with Crippen LogP contribution in [0.1, 0.15) is 32.1 Å². The Balaban J connectivity index is 1.86. The highest BCUT2D eigenvalue weighted by atomic mass is 16.3. The summed E-state index contributed by atoms with van der Waals surface area (Å²) in [7, 11) is 0. The van der Waals surface area contributed by atoms with E-state index in [9.17, 15) is 5.11 Å². The monoisotopic (exact) mass is 184 g/mol. The summed E-state index contributed by atoms with van der Waals surface area (Å²) < 4.78 is 0. The van der Waals surface area contributed by atoms with Gasteiger partial charge in [0.2, 0.25) is 0 Å². The Hall–Kier alpha value is -0.120. The molecule has 1 heterocycles. The summed E-state index contributed by atoms with van der Waals surface area (Å²) in [6.45, 7) is 2.08. The molecular formula is C10H20N2O. The largest absolute Gasteiger partial charge is 0.393 e. The SMILES string of the molecule is N[C@H]1CCC[C@H]1N1CCC(O)CC1. The van der Waals surface area contributed by atoms with Gasteiger partial charge in [-0.05, 0) is 25.7 Å². The molecule has 0 aromatic rings. The van der Waals surface area contributed by atoms with Crippen molar-refractivity contribution in [2.45, 2.75) is 50.3 Å². The van der Waals surface area contributed by atoms with E-state index in [-0.39, 0.29) is 6.10 Å². The molecule has 0 radical (unpaired) electrons. The molecule has 1 aliphatic heterocycles. The summed E-state index contributed by atoms with van der Waals surface area (Å²) in [5, 5.41) is 9.38. The molecule has 0 unspecified atom stereocenters. The van der Waals surface area contributed by atoms with Crippen LogP contribution in [0.15, 0.2) is 0 Å². The highest BCUT2D eigenvalue weighted by molar-refractivity contribution is 4.89. The first kappa shape index (κ1) is 9.44. The summed E-state index contributed by atoms with van der Waals surface area (Å²) >= 11 is 0. The number of nitrogens with zero attached hydrogens (tertiary/aromatic N) is 1. The molecule has 2 fully saturated rings. The van der Waals surface area contributed by atoms with Crippen LogP contribution in [0.3, 0.4) is 0 Å². The van der Waals surface area contributed by atoms with Gasteiger partial charge in [0.05, 0.1) is 6.10 Å². The fraction of sp³-hybridized carbons (Fsp3) is 1.00. The van der Waals surface area contributed by atoms with Crippen LogP contribution in [0.4, 0.5) is 0 Å². The van der Waals surface area contributed by atoms with E-state index < -0.39 is 0 Å². The van der Waals surface area contributed by atoms with Gasteiger partial charge in [-0.1, -0.05) is 6.42 Å². The standard InChI is InChI=1S/C10H20N2O/c11-9-2-1-3-10(9)12-6-4-8(13)5-7-12/h8-10,13H,1-7,11H2/t9-,10+/m0/s1. The molecule has 2 atom stereocenters. The third kappa shape index (κ3) is 2.03. The lowest BCUT2D eigenvalue weighted by molar-refractivity contribution is 0.0585. The predicted molar refractivity (Wildman–Crippen MR) is 52.4 cm³/mol. The molecule has 76 valence electrons. The molecule has 2 aliphatic rings. The molecule has 1 aliphatic carbocycles. The zero-order valence-electron chi connectivity index (χ0n) is 8.15. The van der Waals surface area contributed by atoms with Crippen molar-refractivity contribution in [3.8, 4) is 0 Å². The molecular weight excluding hydrogens is 164 g/mol. The molecule has 0 aromatic carbocycles. The maximum atomic E-state index is 9.38. The summed E-state index contributed by atoms with van der Waals surface area (Å²) in [4.78, 5) is 2.48. The van der Waals surface area contributed by atoms with Crippen molar-refractivity contribution in [2.75, 3.05) is 13.1 Å². The molecule has 3 N–H and O–H groups in total. The number of nitrogens with two attached hydrogens (primary N) is 1. The lowest BCUT2D eigenvalue weighted by atomic mass is 10.0. The normalized spacial score (nSPS) is 38.3. The number of piperidine rings is 1. The van der Waals surface area contributed by atoms with Crippen LogP contribution in [-0.2, 0) is 0 Å². The van der Waals surface area contributed by atoms with E-state index in [4.69, 9.17) is 5.73 Å². The van der Waals surface area contributed by atoms with Crippen molar-refractivity contribution < 1.29 is 5.11 Å². The molecule has 0 spiro atoms. The summed E-state index contributed by atoms with van der Waals surface area (Å²) in [5.41, 5.74) is 6.04. The van der Waals surface area contributed by atoms with Crippen LogP contribution >= 0.6 is 0 Å². The zero-order chi connectivity index (χ0) is 9.26. The van der Waals surface area contributed by atoms with Crippen LogP contribution in [0.25, 0.3) is 0 Å². The second-order valence-electron chi connectivity index (χ2n) is 4.43. The van der Waals surface area contributed by atoms with Gasteiger partial charge in [-0.15, -0.1) is 0 Å². The number of aliphatic hydroxyl groups is 1. The van der Waals surface area contributed by atoms with E-state index in [1.807, 2.05) is 0 Å². The van der Waals surface area contributed by atoms with Gasteiger partial charge in [-0.25, -0.2) is 0 Å². The molecule has 3 nitrogen and oxygen atoms in total. The second kappa shape index (κ2) is 3.95. The van der Waals surface area contributed by atoms with Gasteiger partial charge in [-0.2, -0.15) is 0 Å². The summed E-state index contributed by atoms with van der Waals surface area (Å²) in [6, 6.07) is 0.989. The molecule has 2 rings (SSSR count). The number of hydrogen-bond acceptors (Lipinski definition) is 3. The Morgan fingerprint density at radius 3 is 2.31 bits per heavy atom. The first-order valence-corrected chi connectivity index (χ1v) is 5.45. The van der Waals surface area contributed by atoms with E-state index in [2.05, 4.69) is 4.90 Å². The average molecular weight is 184 g/mol. The minimum Gasteiger partial charge on any atom is -0.393 e. The van der Waals surface area contributed by atoms with E-state index in [1.165, 1.54) is 19.3 Å². The van der Waals surface area contributed by atoms with E-state index in [1.54, 1.807) is 0 Å². The number of aliphatic hydroxyl groups excluding tert-OH is 1. The van der Waals surface area contributed by atoms with Crippen molar-refractivity contribution in [3.05, 3.63) is 0 Å². The van der Waals surface area contributed by atoms with Gasteiger partial charge in [0.25, 0.3) is 0 Å². The third-order valence-corrected chi connectivity index (χ3v) is 3.50. The first-order chi connectivity index (χ1) is 6.27. The Kier molecular flexibility index (Phi) is 2.86. The number of likely N-dealkylation sites (tertiary alicyclic amines) is 1. The van der Waals surface area contributed by atoms with E-state index in [0.29, 0.717) is 12.1 Å². The van der Waals surface area contributed by atoms with Crippen LogP contribution < -0.4 is 5.73 Å². The predicted octanol–water partition coefficient (Wildman–Crippen LogP) is 0.323. The van der Waals surface area contributed by atoms with Gasteiger partial charge in [0, 0.05) is 25.2 Å². The zero-order valence-corrected chi connectivity index (χ0v) is 8.15. The highest BCUT2D eigenvalue weighted by Gasteiger charge is 2.31. The maximum absolute atomic E-state index is 9.38. The van der Waals surface area contributed by atoms with Crippen molar-refractivity contribution >= 4 is 0 Å². The topological polar surface area (TPSA) is 49.5 Å². The van der Waals surface area contributed by atoms with Crippen molar-refractivity contribution in [2.24, 2.45) is 5.73 Å². The Morgan fingerprint density at radius 2 is 1.77 bits per heavy atom. The van der Waals surface area contributed by atoms with Crippen LogP contribution in [0, 0.1) is 0 Å². The summed E-state index contributed by atoms with van der Waals surface area (Å²) in [6.07, 6.45) is 5.53. The molecule has 3 heteroatoms. The fourth-order valence-electron chi connectivity index (χ4n) is 2.64. The quantitative estimate of drug-likeness (QED) is 0.617. The molecule has 0 amide bonds. The van der Waals surface area contributed by atoms with Crippen molar-refractivity contribution in [1.29, 1.82) is 0 Å². The van der Waals surface area contributed by atoms with Crippen molar-refractivity contribution in [1.82, 2.24) is 4.90 Å². The Labute approximate surface area is 79.9 Å². The van der Waals surface area contributed by atoms with Gasteiger partial charge in [0.1, 0.15) is 0 Å². The van der Waals surface area contributed by atoms with Crippen LogP contribution in [0.5, 0.6) is 0 Å². The van der Waals surface area contributed by atoms with Gasteiger partial charge in [-0.3, -0.25) is 4.90 Å².